The number of para-hydroxylation sites is 1. The molecule has 0 atom stereocenters. The van der Waals surface area contributed by atoms with Gasteiger partial charge < -0.3 is 14.6 Å². The lowest BCUT2D eigenvalue weighted by molar-refractivity contribution is 0.0689. The number of carbonyl (C=O) groups is 1. The van der Waals surface area contributed by atoms with Crippen molar-refractivity contribution in [3.05, 3.63) is 53.3 Å². The van der Waals surface area contributed by atoms with Gasteiger partial charge in [0.05, 0.1) is 5.69 Å². The molecule has 0 amide bonds. The van der Waals surface area contributed by atoms with Crippen molar-refractivity contribution in [3.8, 4) is 11.5 Å². The van der Waals surface area contributed by atoms with E-state index < -0.39 is 5.97 Å². The Labute approximate surface area is 123 Å². The van der Waals surface area contributed by atoms with E-state index in [4.69, 9.17) is 9.47 Å². The largest absolute Gasteiger partial charge is 0.490 e. The summed E-state index contributed by atoms with van der Waals surface area (Å²) >= 11 is 0. The number of benzene rings is 1. The summed E-state index contributed by atoms with van der Waals surface area (Å²) in [6, 6.07) is 11.0. The molecule has 0 bridgehead atoms. The molecule has 0 aliphatic carbocycles. The van der Waals surface area contributed by atoms with E-state index in [1.165, 1.54) is 0 Å². The van der Waals surface area contributed by atoms with Crippen molar-refractivity contribution in [2.75, 3.05) is 13.2 Å². The van der Waals surface area contributed by atoms with E-state index >= 15 is 0 Å². The van der Waals surface area contributed by atoms with E-state index in [2.05, 4.69) is 4.98 Å². The molecule has 0 aliphatic rings. The molecule has 21 heavy (non-hydrogen) atoms. The second-order valence-electron chi connectivity index (χ2n) is 4.54. The van der Waals surface area contributed by atoms with Crippen LogP contribution < -0.4 is 9.47 Å². The number of ether oxygens (including phenoxy) is 2. The van der Waals surface area contributed by atoms with Crippen LogP contribution in [0.1, 0.15) is 21.7 Å². The van der Waals surface area contributed by atoms with Crippen LogP contribution in [0.15, 0.2) is 36.4 Å². The van der Waals surface area contributed by atoms with Crippen LogP contribution in [0.4, 0.5) is 0 Å². The van der Waals surface area contributed by atoms with Gasteiger partial charge >= 0.3 is 5.97 Å². The molecule has 2 aromatic rings. The highest BCUT2D eigenvalue weighted by atomic mass is 16.5. The molecule has 1 N–H and O–H groups in total. The van der Waals surface area contributed by atoms with E-state index in [-0.39, 0.29) is 12.2 Å². The van der Waals surface area contributed by atoms with Crippen molar-refractivity contribution >= 4 is 5.97 Å². The molecule has 110 valence electrons. The van der Waals surface area contributed by atoms with Gasteiger partial charge in [-0.2, -0.15) is 0 Å². The number of aryl methyl sites for hydroxylation is 2. The highest BCUT2D eigenvalue weighted by Crippen LogP contribution is 2.22. The summed E-state index contributed by atoms with van der Waals surface area (Å²) in [6.45, 7) is 4.05. The Hall–Kier alpha value is -2.56. The van der Waals surface area contributed by atoms with Crippen LogP contribution in [0.5, 0.6) is 11.5 Å². The molecule has 0 aliphatic heterocycles. The Morgan fingerprint density at radius 2 is 1.81 bits per heavy atom. The number of aromatic carboxylic acids is 1. The first kappa shape index (κ1) is 14.8. The zero-order valence-electron chi connectivity index (χ0n) is 12.0. The highest BCUT2D eigenvalue weighted by molar-refractivity contribution is 5.92. The minimum Gasteiger partial charge on any atom is -0.490 e. The van der Waals surface area contributed by atoms with Gasteiger partial charge in [-0.15, -0.1) is 0 Å². The quantitative estimate of drug-likeness (QED) is 0.827. The zero-order valence-corrected chi connectivity index (χ0v) is 12.0. The molecular weight excluding hydrogens is 270 g/mol. The number of pyridine rings is 1. The summed E-state index contributed by atoms with van der Waals surface area (Å²) in [5, 5.41) is 9.22. The molecule has 0 saturated heterocycles. The molecular formula is C16H17NO4. The lowest BCUT2D eigenvalue weighted by Gasteiger charge is -2.12. The number of rotatable bonds is 6. The molecule has 1 aromatic heterocycles. The molecule has 5 heteroatoms. The van der Waals surface area contributed by atoms with Gasteiger partial charge in [-0.3, -0.25) is 4.98 Å². The predicted octanol–water partition coefficient (Wildman–Crippen LogP) is 2.85. The second-order valence-corrected chi connectivity index (χ2v) is 4.54. The predicted molar refractivity (Wildman–Crippen MR) is 78.1 cm³/mol. The molecule has 0 unspecified atom stereocenters. The molecule has 5 nitrogen and oxygen atoms in total. The van der Waals surface area contributed by atoms with Gasteiger partial charge in [-0.05, 0) is 26.0 Å². The Morgan fingerprint density at radius 3 is 2.48 bits per heavy atom. The monoisotopic (exact) mass is 287 g/mol. The van der Waals surface area contributed by atoms with Crippen molar-refractivity contribution in [1.82, 2.24) is 4.98 Å². The normalized spacial score (nSPS) is 10.2. The Balaban J connectivity index is 1.98. The van der Waals surface area contributed by atoms with Gasteiger partial charge in [0, 0.05) is 11.8 Å². The van der Waals surface area contributed by atoms with E-state index in [0.29, 0.717) is 18.1 Å². The van der Waals surface area contributed by atoms with Crippen LogP contribution >= 0.6 is 0 Å². The molecule has 1 heterocycles. The highest BCUT2D eigenvalue weighted by Gasteiger charge is 2.16. The van der Waals surface area contributed by atoms with Crippen molar-refractivity contribution in [2.45, 2.75) is 13.8 Å². The van der Waals surface area contributed by atoms with Crippen LogP contribution in [0.3, 0.4) is 0 Å². The fourth-order valence-corrected chi connectivity index (χ4v) is 1.99. The Kier molecular flexibility index (Phi) is 4.77. The zero-order chi connectivity index (χ0) is 15.2. The topological polar surface area (TPSA) is 68.7 Å². The van der Waals surface area contributed by atoms with Crippen molar-refractivity contribution in [2.24, 2.45) is 0 Å². The first-order chi connectivity index (χ1) is 10.1. The molecule has 1 aromatic carbocycles. The maximum Gasteiger partial charge on any atom is 0.341 e. The van der Waals surface area contributed by atoms with Crippen molar-refractivity contribution < 1.29 is 19.4 Å². The van der Waals surface area contributed by atoms with Gasteiger partial charge in [0.1, 0.15) is 30.3 Å². The van der Waals surface area contributed by atoms with Crippen LogP contribution in [-0.4, -0.2) is 29.3 Å². The van der Waals surface area contributed by atoms with E-state index in [0.717, 1.165) is 11.4 Å². The third kappa shape index (κ3) is 3.95. The number of aromatic nitrogens is 1. The van der Waals surface area contributed by atoms with Gasteiger partial charge in [-0.25, -0.2) is 4.79 Å². The Morgan fingerprint density at radius 1 is 1.14 bits per heavy atom. The smallest absolute Gasteiger partial charge is 0.341 e. The summed E-state index contributed by atoms with van der Waals surface area (Å²) in [4.78, 5) is 15.4. The summed E-state index contributed by atoms with van der Waals surface area (Å²) in [5.41, 5.74) is 1.26. The van der Waals surface area contributed by atoms with Crippen LogP contribution in [0, 0.1) is 13.8 Å². The number of hydrogen-bond acceptors (Lipinski definition) is 4. The summed E-state index contributed by atoms with van der Waals surface area (Å²) in [5.74, 6) is 0.0322. The SMILES string of the molecule is Cc1cc(OCCOc2ccccc2)c(C(=O)O)c(C)n1. The molecule has 2 rings (SSSR count). The van der Waals surface area contributed by atoms with Gasteiger partial charge in [0.2, 0.25) is 0 Å². The maximum absolute atomic E-state index is 11.3. The van der Waals surface area contributed by atoms with Crippen molar-refractivity contribution in [3.63, 3.8) is 0 Å². The molecule has 0 spiro atoms. The lowest BCUT2D eigenvalue weighted by Crippen LogP contribution is -2.13. The van der Waals surface area contributed by atoms with Gasteiger partial charge in [-0.1, -0.05) is 18.2 Å². The lowest BCUT2D eigenvalue weighted by atomic mass is 10.1. The average Bonchev–Trinajstić information content (AvgIpc) is 2.43. The van der Waals surface area contributed by atoms with Crippen LogP contribution in [0.25, 0.3) is 0 Å². The van der Waals surface area contributed by atoms with E-state index in [9.17, 15) is 9.90 Å². The number of carboxylic acids is 1. The first-order valence-corrected chi connectivity index (χ1v) is 6.60. The molecule has 0 fully saturated rings. The fraction of sp³-hybridized carbons (Fsp3) is 0.250. The van der Waals surface area contributed by atoms with E-state index in [1.54, 1.807) is 19.9 Å². The Bertz CT molecular complexity index is 626. The summed E-state index contributed by atoms with van der Waals surface area (Å²) in [7, 11) is 0. The third-order valence-corrected chi connectivity index (χ3v) is 2.86. The van der Waals surface area contributed by atoms with Crippen LogP contribution in [0.2, 0.25) is 0 Å². The summed E-state index contributed by atoms with van der Waals surface area (Å²) in [6.07, 6.45) is 0. The van der Waals surface area contributed by atoms with E-state index in [1.807, 2.05) is 30.3 Å². The minimum atomic E-state index is -1.04. The second kappa shape index (κ2) is 6.74. The molecule has 0 radical (unpaired) electrons. The average molecular weight is 287 g/mol. The first-order valence-electron chi connectivity index (χ1n) is 6.60. The fourth-order valence-electron chi connectivity index (χ4n) is 1.99. The number of nitrogens with zero attached hydrogens (tertiary/aromatic N) is 1. The number of carboxylic acid groups (broad SMARTS) is 1. The molecule has 0 saturated carbocycles. The maximum atomic E-state index is 11.3. The summed E-state index contributed by atoms with van der Waals surface area (Å²) < 4.78 is 11.0. The van der Waals surface area contributed by atoms with Gasteiger partial charge in [0.15, 0.2) is 0 Å². The third-order valence-electron chi connectivity index (χ3n) is 2.86. The van der Waals surface area contributed by atoms with Gasteiger partial charge in [0.25, 0.3) is 0 Å². The van der Waals surface area contributed by atoms with Crippen LogP contribution in [-0.2, 0) is 0 Å². The standard InChI is InChI=1S/C16H17NO4/c1-11-10-14(15(16(18)19)12(2)17-11)21-9-8-20-13-6-4-3-5-7-13/h3-7,10H,8-9H2,1-2H3,(H,18,19). The van der Waals surface area contributed by atoms with Crippen molar-refractivity contribution in [1.29, 1.82) is 0 Å². The number of hydrogen-bond donors (Lipinski definition) is 1. The minimum absolute atomic E-state index is 0.0975.